The Kier molecular flexibility index (Phi) is 3.77. The normalized spacial score (nSPS) is 17.5. The van der Waals surface area contributed by atoms with Gasteiger partial charge in [-0.3, -0.25) is 9.67 Å². The van der Waals surface area contributed by atoms with Crippen LogP contribution >= 0.6 is 11.3 Å². The molecule has 0 N–H and O–H groups in total. The summed E-state index contributed by atoms with van der Waals surface area (Å²) in [7, 11) is 0. The van der Waals surface area contributed by atoms with E-state index in [9.17, 15) is 0 Å². The lowest BCUT2D eigenvalue weighted by atomic mass is 10.0. The number of benzene rings is 1. The van der Waals surface area contributed by atoms with Gasteiger partial charge in [-0.25, -0.2) is 0 Å². The molecular formula is C18H19N3S. The van der Waals surface area contributed by atoms with Crippen molar-refractivity contribution in [3.63, 3.8) is 0 Å². The van der Waals surface area contributed by atoms with Crippen LogP contribution in [0.3, 0.4) is 0 Å². The van der Waals surface area contributed by atoms with Crippen molar-refractivity contribution in [2.45, 2.75) is 25.8 Å². The van der Waals surface area contributed by atoms with Gasteiger partial charge < -0.3 is 0 Å². The van der Waals surface area contributed by atoms with E-state index in [0.717, 1.165) is 19.5 Å². The van der Waals surface area contributed by atoms with Crippen LogP contribution in [0, 0.1) is 5.92 Å². The molecule has 0 bridgehead atoms. The van der Waals surface area contributed by atoms with Crippen molar-refractivity contribution in [2.24, 2.45) is 10.9 Å². The SMILES string of the molecule is C1=NCCC1CCCn1ncc2ccc(-c3ccsc3)cc21. The average Bonchev–Trinajstić information content (AvgIpc) is 3.29. The Morgan fingerprint density at radius 1 is 1.23 bits per heavy atom. The molecule has 2 aromatic heterocycles. The maximum atomic E-state index is 4.57. The molecule has 1 atom stereocenters. The zero-order valence-corrected chi connectivity index (χ0v) is 13.3. The molecule has 1 aliphatic rings. The van der Waals surface area contributed by atoms with Crippen LogP contribution in [0.25, 0.3) is 22.0 Å². The highest BCUT2D eigenvalue weighted by atomic mass is 32.1. The number of rotatable bonds is 5. The summed E-state index contributed by atoms with van der Waals surface area (Å²) in [5, 5.41) is 10.1. The van der Waals surface area contributed by atoms with Crippen molar-refractivity contribution in [1.29, 1.82) is 0 Å². The fraction of sp³-hybridized carbons (Fsp3) is 0.333. The second-order valence-corrected chi connectivity index (χ2v) is 6.68. The number of aryl methyl sites for hydroxylation is 1. The summed E-state index contributed by atoms with van der Waals surface area (Å²) in [4.78, 5) is 4.32. The zero-order valence-electron chi connectivity index (χ0n) is 12.5. The lowest BCUT2D eigenvalue weighted by Crippen LogP contribution is -2.04. The molecule has 3 heterocycles. The van der Waals surface area contributed by atoms with Crippen LogP contribution in [0.2, 0.25) is 0 Å². The van der Waals surface area contributed by atoms with Gasteiger partial charge in [0.15, 0.2) is 0 Å². The van der Waals surface area contributed by atoms with Crippen LogP contribution in [-0.2, 0) is 6.54 Å². The molecule has 0 aliphatic carbocycles. The molecular weight excluding hydrogens is 290 g/mol. The highest BCUT2D eigenvalue weighted by molar-refractivity contribution is 7.08. The van der Waals surface area contributed by atoms with Gasteiger partial charge in [0.05, 0.1) is 11.7 Å². The van der Waals surface area contributed by atoms with Crippen molar-refractivity contribution in [3.8, 4) is 11.1 Å². The van der Waals surface area contributed by atoms with Crippen molar-refractivity contribution < 1.29 is 0 Å². The smallest absolute Gasteiger partial charge is 0.0688 e. The molecule has 0 fully saturated rings. The molecule has 0 radical (unpaired) electrons. The Hall–Kier alpha value is -1.94. The van der Waals surface area contributed by atoms with Gasteiger partial charge in [-0.1, -0.05) is 12.1 Å². The van der Waals surface area contributed by atoms with Crippen molar-refractivity contribution >= 4 is 28.5 Å². The van der Waals surface area contributed by atoms with Gasteiger partial charge in [-0.05, 0) is 59.2 Å². The van der Waals surface area contributed by atoms with Gasteiger partial charge in [0.1, 0.15) is 0 Å². The van der Waals surface area contributed by atoms with Crippen molar-refractivity contribution in [2.75, 3.05) is 6.54 Å². The van der Waals surface area contributed by atoms with Crippen molar-refractivity contribution in [3.05, 3.63) is 41.2 Å². The van der Waals surface area contributed by atoms with Gasteiger partial charge >= 0.3 is 0 Å². The second kappa shape index (κ2) is 6.05. The van der Waals surface area contributed by atoms with Gasteiger partial charge in [0.2, 0.25) is 0 Å². The summed E-state index contributed by atoms with van der Waals surface area (Å²) in [6, 6.07) is 8.80. The van der Waals surface area contributed by atoms with E-state index in [1.807, 2.05) is 6.20 Å². The molecule has 0 saturated heterocycles. The first-order chi connectivity index (χ1) is 10.9. The molecule has 4 heteroatoms. The number of nitrogens with zero attached hydrogens (tertiary/aromatic N) is 3. The number of thiophene rings is 1. The van der Waals surface area contributed by atoms with Gasteiger partial charge in [0, 0.05) is 24.7 Å². The van der Waals surface area contributed by atoms with Crippen LogP contribution in [-0.4, -0.2) is 22.5 Å². The number of fused-ring (bicyclic) bond motifs is 1. The average molecular weight is 309 g/mol. The zero-order chi connectivity index (χ0) is 14.8. The molecule has 1 unspecified atom stereocenters. The monoisotopic (exact) mass is 309 g/mol. The first-order valence-electron chi connectivity index (χ1n) is 7.88. The molecule has 0 amide bonds. The van der Waals surface area contributed by atoms with E-state index in [0.29, 0.717) is 5.92 Å². The van der Waals surface area contributed by atoms with Gasteiger partial charge in [-0.2, -0.15) is 16.4 Å². The lowest BCUT2D eigenvalue weighted by molar-refractivity contribution is 0.519. The maximum Gasteiger partial charge on any atom is 0.0688 e. The Bertz CT molecular complexity index is 786. The van der Waals surface area contributed by atoms with Crippen molar-refractivity contribution in [1.82, 2.24) is 9.78 Å². The van der Waals surface area contributed by atoms with E-state index >= 15 is 0 Å². The molecule has 1 aromatic carbocycles. The number of hydrogen-bond donors (Lipinski definition) is 0. The minimum atomic E-state index is 0.684. The molecule has 112 valence electrons. The summed E-state index contributed by atoms with van der Waals surface area (Å²) in [6.45, 7) is 2.00. The number of hydrogen-bond acceptors (Lipinski definition) is 3. The third-order valence-corrected chi connectivity index (χ3v) is 5.07. The van der Waals surface area contributed by atoms with Crippen LogP contribution in [0.15, 0.2) is 46.2 Å². The fourth-order valence-corrected chi connectivity index (χ4v) is 3.78. The van der Waals surface area contributed by atoms with Gasteiger partial charge in [0.25, 0.3) is 0 Å². The van der Waals surface area contributed by atoms with Crippen LogP contribution in [0.4, 0.5) is 0 Å². The summed E-state index contributed by atoms with van der Waals surface area (Å²) in [6.07, 6.45) is 7.72. The first kappa shape index (κ1) is 13.7. The lowest BCUT2D eigenvalue weighted by Gasteiger charge is -2.07. The fourth-order valence-electron chi connectivity index (χ4n) is 3.12. The Morgan fingerprint density at radius 3 is 3.05 bits per heavy atom. The molecule has 3 aromatic rings. The van der Waals surface area contributed by atoms with E-state index in [4.69, 9.17) is 0 Å². The quantitative estimate of drug-likeness (QED) is 0.675. The van der Waals surface area contributed by atoms with E-state index in [1.54, 1.807) is 11.3 Å². The van der Waals surface area contributed by atoms with E-state index in [-0.39, 0.29) is 0 Å². The third kappa shape index (κ3) is 2.71. The molecule has 1 aliphatic heterocycles. The minimum Gasteiger partial charge on any atom is -0.297 e. The second-order valence-electron chi connectivity index (χ2n) is 5.90. The summed E-state index contributed by atoms with van der Waals surface area (Å²) in [5.74, 6) is 0.684. The molecule has 0 saturated carbocycles. The predicted molar refractivity (Wildman–Crippen MR) is 93.7 cm³/mol. The van der Waals surface area contributed by atoms with Crippen LogP contribution in [0.1, 0.15) is 19.3 Å². The molecule has 22 heavy (non-hydrogen) atoms. The third-order valence-electron chi connectivity index (χ3n) is 4.39. The molecule has 0 spiro atoms. The Labute approximate surface area is 134 Å². The Balaban J connectivity index is 1.53. The Morgan fingerprint density at radius 2 is 2.23 bits per heavy atom. The van der Waals surface area contributed by atoms with Crippen LogP contribution < -0.4 is 0 Å². The first-order valence-corrected chi connectivity index (χ1v) is 8.82. The van der Waals surface area contributed by atoms with Gasteiger partial charge in [-0.15, -0.1) is 0 Å². The summed E-state index contributed by atoms with van der Waals surface area (Å²) < 4.78 is 2.15. The predicted octanol–water partition coefficient (Wildman–Crippen LogP) is 4.64. The van der Waals surface area contributed by atoms with Crippen LogP contribution in [0.5, 0.6) is 0 Å². The van der Waals surface area contributed by atoms with E-state index in [2.05, 4.69) is 56.0 Å². The standard InChI is InChI=1S/C18H19N3S/c1(2-14-5-7-19-11-14)8-21-18-10-15(17-6-9-22-13-17)3-4-16(18)12-20-21/h3-4,6,9-14H,1-2,5,7-8H2. The largest absolute Gasteiger partial charge is 0.297 e. The minimum absolute atomic E-state index is 0.684. The van der Waals surface area contributed by atoms with E-state index in [1.165, 1.54) is 34.9 Å². The topological polar surface area (TPSA) is 30.2 Å². The highest BCUT2D eigenvalue weighted by Crippen LogP contribution is 2.26. The number of aromatic nitrogens is 2. The maximum absolute atomic E-state index is 4.57. The highest BCUT2D eigenvalue weighted by Gasteiger charge is 2.11. The number of aliphatic imine (C=N–C) groups is 1. The summed E-state index contributed by atoms with van der Waals surface area (Å²) >= 11 is 1.74. The van der Waals surface area contributed by atoms with E-state index < -0.39 is 0 Å². The molecule has 4 rings (SSSR count). The summed E-state index contributed by atoms with van der Waals surface area (Å²) in [5.41, 5.74) is 3.81. The molecule has 3 nitrogen and oxygen atoms in total.